The van der Waals surface area contributed by atoms with E-state index in [9.17, 15) is 33.0 Å². The number of amides is 1. The van der Waals surface area contributed by atoms with Crippen molar-refractivity contribution in [1.29, 1.82) is 0 Å². The van der Waals surface area contributed by atoms with Crippen LogP contribution in [0.2, 0.25) is 0 Å². The summed E-state index contributed by atoms with van der Waals surface area (Å²) in [4.78, 5) is 22.4. The number of carbonyl (C=O) groups excluding carboxylic acids is 2. The lowest BCUT2D eigenvalue weighted by Crippen LogP contribution is -2.48. The molecule has 5 N–H and O–H groups in total. The van der Waals surface area contributed by atoms with E-state index in [-0.39, 0.29) is 17.9 Å². The Balaban J connectivity index is 2.50. The number of halogens is 3. The average Bonchev–Trinajstić information content (AvgIpc) is 2.45. The molecule has 1 rings (SSSR count). The summed E-state index contributed by atoms with van der Waals surface area (Å²) in [6.45, 7) is 0.349. The first-order chi connectivity index (χ1) is 10.9. The van der Waals surface area contributed by atoms with Gasteiger partial charge in [0.05, 0.1) is 6.54 Å². The van der Waals surface area contributed by atoms with Gasteiger partial charge in [0.15, 0.2) is 11.5 Å². The van der Waals surface area contributed by atoms with Crippen LogP contribution in [0.1, 0.15) is 12.5 Å². The standard InChI is InChI=1S/C14H17F3N2O5/c1-13(18,7-8-2-3-9(20)10(21)6-8)12(23)24-5-4-19-11(22)14(15,16)17/h2-3,6,20-21H,4-5,7,18H2,1H3,(H,19,22)/t13-/m0/s1. The maximum atomic E-state index is 11.9. The summed E-state index contributed by atoms with van der Waals surface area (Å²) in [6.07, 6.45) is -5.05. The molecule has 0 saturated carbocycles. The number of hydrogen-bond donors (Lipinski definition) is 4. The molecule has 0 unspecified atom stereocenters. The van der Waals surface area contributed by atoms with Crippen LogP contribution in [-0.4, -0.2) is 47.0 Å². The highest BCUT2D eigenvalue weighted by atomic mass is 19.4. The lowest BCUT2D eigenvalue weighted by molar-refractivity contribution is -0.174. The number of alkyl halides is 3. The van der Waals surface area contributed by atoms with Crippen LogP contribution in [0, 0.1) is 0 Å². The summed E-state index contributed by atoms with van der Waals surface area (Å²) in [5.41, 5.74) is 4.73. The Morgan fingerprint density at radius 1 is 1.25 bits per heavy atom. The molecule has 0 heterocycles. The third kappa shape index (κ3) is 5.61. The van der Waals surface area contributed by atoms with Gasteiger partial charge in [0.25, 0.3) is 0 Å². The third-order valence-electron chi connectivity index (χ3n) is 2.96. The second-order valence-electron chi connectivity index (χ2n) is 5.31. The maximum absolute atomic E-state index is 11.9. The number of esters is 1. The van der Waals surface area contributed by atoms with E-state index in [4.69, 9.17) is 10.5 Å². The van der Waals surface area contributed by atoms with Crippen LogP contribution in [0.15, 0.2) is 18.2 Å². The molecule has 24 heavy (non-hydrogen) atoms. The number of ether oxygens (including phenoxy) is 1. The zero-order valence-electron chi connectivity index (χ0n) is 12.7. The molecular formula is C14H17F3N2O5. The molecular weight excluding hydrogens is 333 g/mol. The van der Waals surface area contributed by atoms with Crippen molar-refractivity contribution in [3.8, 4) is 11.5 Å². The molecule has 0 bridgehead atoms. The van der Waals surface area contributed by atoms with Crippen LogP contribution in [0.25, 0.3) is 0 Å². The van der Waals surface area contributed by atoms with Crippen molar-refractivity contribution in [3.05, 3.63) is 23.8 Å². The zero-order valence-corrected chi connectivity index (χ0v) is 12.7. The lowest BCUT2D eigenvalue weighted by atomic mass is 9.94. The SMILES string of the molecule is C[C@](N)(Cc1ccc(O)c(O)c1)C(=O)OCCNC(=O)C(F)(F)F. The highest BCUT2D eigenvalue weighted by Gasteiger charge is 2.38. The zero-order chi connectivity index (χ0) is 18.5. The van der Waals surface area contributed by atoms with Gasteiger partial charge in [-0.25, -0.2) is 0 Å². The molecule has 0 aliphatic heterocycles. The number of nitrogens with two attached hydrogens (primary N) is 1. The van der Waals surface area contributed by atoms with Gasteiger partial charge in [0, 0.05) is 6.42 Å². The van der Waals surface area contributed by atoms with Crippen LogP contribution in [-0.2, 0) is 20.7 Å². The summed E-state index contributed by atoms with van der Waals surface area (Å²) < 4.78 is 40.6. The van der Waals surface area contributed by atoms with Crippen LogP contribution < -0.4 is 11.1 Å². The number of phenolic OH excluding ortho intramolecular Hbond substituents is 2. The van der Waals surface area contributed by atoms with E-state index >= 15 is 0 Å². The Hall–Kier alpha value is -2.49. The van der Waals surface area contributed by atoms with Gasteiger partial charge < -0.3 is 26.0 Å². The second-order valence-corrected chi connectivity index (χ2v) is 5.31. The molecule has 0 radical (unpaired) electrons. The number of nitrogens with one attached hydrogen (secondary N) is 1. The van der Waals surface area contributed by atoms with Crippen molar-refractivity contribution >= 4 is 11.9 Å². The van der Waals surface area contributed by atoms with Gasteiger partial charge in [-0.1, -0.05) is 6.07 Å². The first kappa shape index (κ1) is 19.6. The second kappa shape index (κ2) is 7.39. The molecule has 0 fully saturated rings. The monoisotopic (exact) mass is 350 g/mol. The summed E-state index contributed by atoms with van der Waals surface area (Å²) in [5, 5.41) is 20.1. The number of benzene rings is 1. The molecule has 0 saturated heterocycles. The van der Waals surface area contributed by atoms with Crippen LogP contribution >= 0.6 is 0 Å². The van der Waals surface area contributed by atoms with E-state index in [0.29, 0.717) is 5.56 Å². The predicted molar refractivity (Wildman–Crippen MR) is 76.1 cm³/mol. The van der Waals surface area contributed by atoms with Crippen LogP contribution in [0.3, 0.4) is 0 Å². The quantitative estimate of drug-likeness (QED) is 0.338. The largest absolute Gasteiger partial charge is 0.504 e. The van der Waals surface area contributed by atoms with Gasteiger partial charge in [-0.15, -0.1) is 0 Å². The fourth-order valence-electron chi connectivity index (χ4n) is 1.75. The van der Waals surface area contributed by atoms with Crippen molar-refractivity contribution in [2.45, 2.75) is 25.1 Å². The summed E-state index contributed by atoms with van der Waals surface area (Å²) >= 11 is 0. The summed E-state index contributed by atoms with van der Waals surface area (Å²) in [7, 11) is 0. The van der Waals surface area contributed by atoms with Gasteiger partial charge in [-0.3, -0.25) is 9.59 Å². The number of phenols is 2. The van der Waals surface area contributed by atoms with Crippen LogP contribution in [0.4, 0.5) is 13.2 Å². The Labute approximate surface area is 135 Å². The minimum absolute atomic E-state index is 0.0470. The van der Waals surface area contributed by atoms with Crippen molar-refractivity contribution in [3.63, 3.8) is 0 Å². The fourth-order valence-corrected chi connectivity index (χ4v) is 1.75. The minimum Gasteiger partial charge on any atom is -0.504 e. The summed E-state index contributed by atoms with van der Waals surface area (Å²) in [6, 6.07) is 3.88. The molecule has 0 aliphatic carbocycles. The predicted octanol–water partition coefficient (Wildman–Crippen LogP) is 0.579. The fraction of sp³-hybridized carbons (Fsp3) is 0.429. The van der Waals surface area contributed by atoms with Gasteiger partial charge >= 0.3 is 18.1 Å². The number of rotatable bonds is 6. The Morgan fingerprint density at radius 2 is 1.88 bits per heavy atom. The topological polar surface area (TPSA) is 122 Å². The molecule has 1 aromatic rings. The van der Waals surface area contributed by atoms with Gasteiger partial charge in [-0.05, 0) is 24.6 Å². The van der Waals surface area contributed by atoms with Gasteiger partial charge in [-0.2, -0.15) is 13.2 Å². The van der Waals surface area contributed by atoms with Crippen molar-refractivity contribution in [2.75, 3.05) is 13.2 Å². The lowest BCUT2D eigenvalue weighted by Gasteiger charge is -2.23. The summed E-state index contributed by atoms with van der Waals surface area (Å²) in [5.74, 6) is -3.74. The van der Waals surface area contributed by atoms with Gasteiger partial charge in [0.1, 0.15) is 12.1 Å². The first-order valence-corrected chi connectivity index (χ1v) is 6.75. The molecule has 10 heteroatoms. The molecule has 0 aliphatic rings. The Bertz CT molecular complexity index is 617. The number of aromatic hydroxyl groups is 2. The number of carbonyl (C=O) groups is 2. The highest BCUT2D eigenvalue weighted by Crippen LogP contribution is 2.26. The first-order valence-electron chi connectivity index (χ1n) is 6.75. The molecule has 1 aromatic carbocycles. The molecule has 1 amide bonds. The van der Waals surface area contributed by atoms with E-state index in [1.165, 1.54) is 25.1 Å². The molecule has 7 nitrogen and oxygen atoms in total. The molecule has 1 atom stereocenters. The van der Waals surface area contributed by atoms with E-state index in [1.807, 2.05) is 0 Å². The molecule has 0 aromatic heterocycles. The Kier molecular flexibility index (Phi) is 6.02. The van der Waals surface area contributed by atoms with Crippen molar-refractivity contribution < 1.29 is 37.7 Å². The molecule has 0 spiro atoms. The van der Waals surface area contributed by atoms with E-state index in [1.54, 1.807) is 5.32 Å². The van der Waals surface area contributed by atoms with E-state index in [2.05, 4.69) is 0 Å². The Morgan fingerprint density at radius 3 is 2.42 bits per heavy atom. The van der Waals surface area contributed by atoms with E-state index < -0.39 is 36.7 Å². The maximum Gasteiger partial charge on any atom is 0.471 e. The normalized spacial score (nSPS) is 13.9. The van der Waals surface area contributed by atoms with Crippen molar-refractivity contribution in [1.82, 2.24) is 5.32 Å². The smallest absolute Gasteiger partial charge is 0.471 e. The van der Waals surface area contributed by atoms with Gasteiger partial charge in [0.2, 0.25) is 0 Å². The van der Waals surface area contributed by atoms with Crippen molar-refractivity contribution in [2.24, 2.45) is 5.73 Å². The minimum atomic E-state index is -5.01. The van der Waals surface area contributed by atoms with E-state index in [0.717, 1.165) is 0 Å². The number of hydrogen-bond acceptors (Lipinski definition) is 6. The average molecular weight is 350 g/mol. The third-order valence-corrected chi connectivity index (χ3v) is 2.96. The highest BCUT2D eigenvalue weighted by molar-refractivity contribution is 5.82. The molecule has 134 valence electrons. The van der Waals surface area contributed by atoms with Crippen LogP contribution in [0.5, 0.6) is 11.5 Å².